The van der Waals surface area contributed by atoms with E-state index in [0.717, 1.165) is 24.3 Å². The molecule has 2 heterocycles. The number of hydrogen-bond donors (Lipinski definition) is 1. The molecule has 29 heavy (non-hydrogen) atoms. The van der Waals surface area contributed by atoms with Crippen LogP contribution in [0.2, 0.25) is 0 Å². The van der Waals surface area contributed by atoms with Gasteiger partial charge in [-0.1, -0.05) is 5.10 Å². The Balaban J connectivity index is 1.55. The van der Waals surface area contributed by atoms with Gasteiger partial charge < -0.3 is 14.6 Å². The number of aromatic nitrogens is 2. The summed E-state index contributed by atoms with van der Waals surface area (Å²) in [4.78, 5) is 13.3. The van der Waals surface area contributed by atoms with E-state index in [9.17, 15) is 31.1 Å². The quantitative estimate of drug-likeness (QED) is 0.742. The number of carbonyl (C=O) groups is 1. The van der Waals surface area contributed by atoms with E-state index in [1.807, 2.05) is 0 Å². The minimum Gasteiger partial charge on any atom is -0.403 e. The zero-order valence-corrected chi connectivity index (χ0v) is 14.7. The number of anilines is 1. The molecule has 1 fully saturated rings. The monoisotopic (exact) mass is 424 g/mol. The number of alkyl halides is 6. The predicted octanol–water partition coefficient (Wildman–Crippen LogP) is 3.30. The minimum absolute atomic E-state index is 0.0662. The van der Waals surface area contributed by atoms with Gasteiger partial charge in [-0.05, 0) is 31.2 Å². The molecule has 0 bridgehead atoms. The van der Waals surface area contributed by atoms with E-state index in [1.165, 1.54) is 11.8 Å². The topological polar surface area (TPSA) is 80.5 Å². The van der Waals surface area contributed by atoms with E-state index < -0.39 is 36.2 Å². The van der Waals surface area contributed by atoms with Crippen molar-refractivity contribution in [1.29, 1.82) is 0 Å². The Labute approximate surface area is 159 Å². The fourth-order valence-corrected chi connectivity index (χ4v) is 2.60. The molecule has 0 saturated carbocycles. The number of nitrogens with zero attached hydrogens (tertiary/aromatic N) is 3. The second-order valence-electron chi connectivity index (χ2n) is 6.28. The summed E-state index contributed by atoms with van der Waals surface area (Å²) in [5, 5.41) is 9.96. The third-order valence-electron chi connectivity index (χ3n) is 4.05. The Morgan fingerprint density at radius 2 is 1.79 bits per heavy atom. The smallest absolute Gasteiger partial charge is 0.403 e. The third-order valence-corrected chi connectivity index (χ3v) is 4.05. The summed E-state index contributed by atoms with van der Waals surface area (Å²) in [5.74, 6) is -0.565. The molecule has 0 radical (unpaired) electrons. The molecular weight excluding hydrogens is 410 g/mol. The van der Waals surface area contributed by atoms with Gasteiger partial charge in [-0.15, -0.1) is 18.3 Å². The minimum atomic E-state index is -4.76. The van der Waals surface area contributed by atoms with E-state index >= 15 is 0 Å². The van der Waals surface area contributed by atoms with E-state index in [-0.39, 0.29) is 30.6 Å². The molecule has 1 aliphatic heterocycles. The molecule has 1 atom stereocenters. The molecule has 1 saturated heterocycles. The van der Waals surface area contributed by atoms with Crippen LogP contribution in [0.1, 0.15) is 12.5 Å². The van der Waals surface area contributed by atoms with Gasteiger partial charge in [0.1, 0.15) is 12.1 Å². The van der Waals surface area contributed by atoms with E-state index in [0.29, 0.717) is 0 Å². The standard InChI is InChI=1S/C16H14F6N4O3/c1-8(13(27)26-6-11(7-26)29-16(20,21)22)23-14-25-24-12(28-14)9-2-4-10(5-3-9)15(17,18)19/h2-5,8,11H,6-7H2,1H3,(H,23,25)/t8-/m1/s1. The van der Waals surface area contributed by atoms with Crippen molar-refractivity contribution < 1.29 is 40.3 Å². The maximum atomic E-state index is 12.6. The van der Waals surface area contributed by atoms with Gasteiger partial charge in [0, 0.05) is 18.7 Å². The summed E-state index contributed by atoms with van der Waals surface area (Å²) in [6, 6.07) is 3.00. The number of likely N-dealkylation sites (tertiary alicyclic amines) is 1. The molecule has 0 unspecified atom stereocenters. The van der Waals surface area contributed by atoms with Crippen LogP contribution in [0.5, 0.6) is 0 Å². The van der Waals surface area contributed by atoms with Crippen molar-refractivity contribution in [2.24, 2.45) is 0 Å². The van der Waals surface area contributed by atoms with Gasteiger partial charge in [0.15, 0.2) is 0 Å². The molecule has 1 aromatic carbocycles. The van der Waals surface area contributed by atoms with Crippen molar-refractivity contribution in [1.82, 2.24) is 15.1 Å². The van der Waals surface area contributed by atoms with Crippen LogP contribution >= 0.6 is 0 Å². The van der Waals surface area contributed by atoms with E-state index in [4.69, 9.17) is 4.42 Å². The fraction of sp³-hybridized carbons (Fsp3) is 0.438. The van der Waals surface area contributed by atoms with Crippen molar-refractivity contribution >= 4 is 11.9 Å². The Hall–Kier alpha value is -2.83. The van der Waals surface area contributed by atoms with Crippen molar-refractivity contribution in [3.8, 4) is 11.5 Å². The molecule has 1 N–H and O–H groups in total. The Morgan fingerprint density at radius 1 is 1.17 bits per heavy atom. The number of carbonyl (C=O) groups excluding carboxylic acids is 1. The molecule has 1 aromatic heterocycles. The van der Waals surface area contributed by atoms with Crippen molar-refractivity contribution in [2.75, 3.05) is 18.4 Å². The summed E-state index contributed by atoms with van der Waals surface area (Å²) in [7, 11) is 0. The summed E-state index contributed by atoms with van der Waals surface area (Å²) < 4.78 is 83.2. The summed E-state index contributed by atoms with van der Waals surface area (Å²) in [6.07, 6.45) is -10.3. The molecule has 2 aromatic rings. The number of nitrogens with one attached hydrogen (secondary N) is 1. The van der Waals surface area contributed by atoms with Crippen LogP contribution in [0.4, 0.5) is 32.4 Å². The number of rotatable bonds is 5. The average Bonchev–Trinajstić information content (AvgIpc) is 3.04. The lowest BCUT2D eigenvalue weighted by Gasteiger charge is -2.40. The van der Waals surface area contributed by atoms with Crippen molar-refractivity contribution in [3.05, 3.63) is 29.8 Å². The number of benzene rings is 1. The van der Waals surface area contributed by atoms with Gasteiger partial charge in [0.25, 0.3) is 0 Å². The van der Waals surface area contributed by atoms with Gasteiger partial charge in [0.05, 0.1) is 5.56 Å². The maximum absolute atomic E-state index is 12.6. The van der Waals surface area contributed by atoms with Crippen LogP contribution in [-0.4, -0.2) is 52.6 Å². The molecule has 0 aliphatic carbocycles. The van der Waals surface area contributed by atoms with Crippen LogP contribution in [-0.2, 0) is 15.7 Å². The number of halogens is 6. The van der Waals surface area contributed by atoms with Crippen LogP contribution < -0.4 is 5.32 Å². The van der Waals surface area contributed by atoms with Crippen molar-refractivity contribution in [2.45, 2.75) is 31.6 Å². The van der Waals surface area contributed by atoms with Gasteiger partial charge in [0.2, 0.25) is 11.8 Å². The number of ether oxygens (including phenoxy) is 1. The highest BCUT2D eigenvalue weighted by Crippen LogP contribution is 2.31. The highest BCUT2D eigenvalue weighted by molar-refractivity contribution is 5.84. The van der Waals surface area contributed by atoms with Crippen LogP contribution in [0.3, 0.4) is 0 Å². The van der Waals surface area contributed by atoms with E-state index in [1.54, 1.807) is 0 Å². The Kier molecular flexibility index (Phi) is 5.43. The molecule has 1 amide bonds. The number of amides is 1. The molecular formula is C16H14F6N4O3. The lowest BCUT2D eigenvalue weighted by molar-refractivity contribution is -0.353. The lowest BCUT2D eigenvalue weighted by atomic mass is 10.1. The Bertz CT molecular complexity index is 859. The first kappa shape index (κ1) is 20.9. The SMILES string of the molecule is C[C@@H](Nc1nnc(-c2ccc(C(F)(F)F)cc2)o1)C(=O)N1CC(OC(F)(F)F)C1. The van der Waals surface area contributed by atoms with Crippen LogP contribution in [0.25, 0.3) is 11.5 Å². The van der Waals surface area contributed by atoms with Gasteiger partial charge in [-0.3, -0.25) is 9.53 Å². The third kappa shape index (κ3) is 5.16. The largest absolute Gasteiger partial charge is 0.522 e. The summed E-state index contributed by atoms with van der Waals surface area (Å²) in [6.45, 7) is 1.04. The molecule has 0 spiro atoms. The fourth-order valence-electron chi connectivity index (χ4n) is 2.60. The molecule has 1 aliphatic rings. The van der Waals surface area contributed by atoms with Gasteiger partial charge in [-0.25, -0.2) is 0 Å². The first-order valence-electron chi connectivity index (χ1n) is 8.23. The summed E-state index contributed by atoms with van der Waals surface area (Å²) >= 11 is 0. The second kappa shape index (κ2) is 7.54. The van der Waals surface area contributed by atoms with Gasteiger partial charge in [-0.2, -0.15) is 13.2 Å². The average molecular weight is 424 g/mol. The highest BCUT2D eigenvalue weighted by atomic mass is 19.4. The lowest BCUT2D eigenvalue weighted by Crippen LogP contribution is -2.59. The maximum Gasteiger partial charge on any atom is 0.522 e. The van der Waals surface area contributed by atoms with Crippen molar-refractivity contribution in [3.63, 3.8) is 0 Å². The van der Waals surface area contributed by atoms with Crippen LogP contribution in [0.15, 0.2) is 28.7 Å². The zero-order valence-electron chi connectivity index (χ0n) is 14.7. The molecule has 158 valence electrons. The number of hydrogen-bond acceptors (Lipinski definition) is 6. The van der Waals surface area contributed by atoms with Crippen LogP contribution in [0, 0.1) is 0 Å². The van der Waals surface area contributed by atoms with Gasteiger partial charge >= 0.3 is 18.6 Å². The second-order valence-corrected chi connectivity index (χ2v) is 6.28. The Morgan fingerprint density at radius 3 is 2.34 bits per heavy atom. The molecule has 7 nitrogen and oxygen atoms in total. The molecule has 3 rings (SSSR count). The predicted molar refractivity (Wildman–Crippen MR) is 85.3 cm³/mol. The van der Waals surface area contributed by atoms with E-state index in [2.05, 4.69) is 20.3 Å². The molecule has 13 heteroatoms. The highest BCUT2D eigenvalue weighted by Gasteiger charge is 2.41. The zero-order chi connectivity index (χ0) is 21.4. The first-order chi connectivity index (χ1) is 13.4. The summed E-state index contributed by atoms with van der Waals surface area (Å²) in [5.41, 5.74) is -0.590. The first-order valence-corrected chi connectivity index (χ1v) is 8.23. The normalized spacial score (nSPS) is 16.4.